The number of pyridine rings is 1. The van der Waals surface area contributed by atoms with Crippen molar-refractivity contribution < 1.29 is 14.3 Å². The molecule has 2 aromatic heterocycles. The zero-order valence-corrected chi connectivity index (χ0v) is 16.1. The second-order valence-electron chi connectivity index (χ2n) is 6.71. The van der Waals surface area contributed by atoms with Gasteiger partial charge in [0.1, 0.15) is 11.5 Å². The molecule has 2 heterocycles. The summed E-state index contributed by atoms with van der Waals surface area (Å²) in [4.78, 5) is 28.0. The number of fused-ring (bicyclic) bond motifs is 1. The minimum atomic E-state index is -0.164. The predicted octanol–water partition coefficient (Wildman–Crippen LogP) is 3.63. The van der Waals surface area contributed by atoms with E-state index in [1.165, 1.54) is 0 Å². The first-order chi connectivity index (χ1) is 14.1. The molecule has 0 aliphatic rings. The molecule has 0 aliphatic heterocycles. The quantitative estimate of drug-likeness (QED) is 0.512. The molecule has 0 spiro atoms. The van der Waals surface area contributed by atoms with Crippen molar-refractivity contribution in [2.75, 3.05) is 14.2 Å². The van der Waals surface area contributed by atoms with Crippen LogP contribution in [0.3, 0.4) is 0 Å². The highest BCUT2D eigenvalue weighted by molar-refractivity contribution is 6.08. The van der Waals surface area contributed by atoms with Crippen LogP contribution in [0.15, 0.2) is 71.8 Å². The molecule has 0 amide bonds. The van der Waals surface area contributed by atoms with Gasteiger partial charge in [0.25, 0.3) is 5.56 Å². The molecule has 0 saturated heterocycles. The average molecular weight is 388 g/mol. The molecule has 1 N–H and O–H groups in total. The summed E-state index contributed by atoms with van der Waals surface area (Å²) in [6, 6.07) is 16.2. The van der Waals surface area contributed by atoms with Gasteiger partial charge in [-0.05, 0) is 53.9 Å². The minimum absolute atomic E-state index is 0.0779. The molecule has 2 aromatic carbocycles. The lowest BCUT2D eigenvalue weighted by molar-refractivity contribution is 0.103. The summed E-state index contributed by atoms with van der Waals surface area (Å²) < 4.78 is 12.2. The van der Waals surface area contributed by atoms with E-state index in [0.717, 1.165) is 10.9 Å². The molecule has 0 aliphatic carbocycles. The van der Waals surface area contributed by atoms with E-state index in [9.17, 15) is 9.59 Å². The number of nitrogens with zero attached hydrogens (tertiary/aromatic N) is 1. The fourth-order valence-corrected chi connectivity index (χ4v) is 3.25. The van der Waals surface area contributed by atoms with E-state index in [1.54, 1.807) is 63.0 Å². The van der Waals surface area contributed by atoms with Gasteiger partial charge in [-0.15, -0.1) is 0 Å². The van der Waals surface area contributed by atoms with Crippen molar-refractivity contribution in [3.05, 3.63) is 94.0 Å². The summed E-state index contributed by atoms with van der Waals surface area (Å²) >= 11 is 0. The number of hydrogen-bond acceptors (Lipinski definition) is 4. The molecule has 0 atom stereocenters. The summed E-state index contributed by atoms with van der Waals surface area (Å²) in [5.41, 5.74) is 2.32. The zero-order valence-electron chi connectivity index (χ0n) is 16.1. The number of aromatic amines is 1. The predicted molar refractivity (Wildman–Crippen MR) is 111 cm³/mol. The second-order valence-corrected chi connectivity index (χ2v) is 6.71. The van der Waals surface area contributed by atoms with Crippen LogP contribution in [0.25, 0.3) is 10.9 Å². The normalized spacial score (nSPS) is 10.8. The fourth-order valence-electron chi connectivity index (χ4n) is 3.25. The Hall–Kier alpha value is -3.80. The van der Waals surface area contributed by atoms with Gasteiger partial charge in [0.2, 0.25) is 0 Å². The van der Waals surface area contributed by atoms with Crippen molar-refractivity contribution in [2.45, 2.75) is 6.54 Å². The van der Waals surface area contributed by atoms with Crippen molar-refractivity contribution >= 4 is 16.7 Å². The van der Waals surface area contributed by atoms with Gasteiger partial charge in [-0.3, -0.25) is 9.59 Å². The summed E-state index contributed by atoms with van der Waals surface area (Å²) in [5, 5.41) is 0.919. The number of nitrogens with one attached hydrogen (secondary N) is 1. The van der Waals surface area contributed by atoms with E-state index in [1.807, 2.05) is 22.8 Å². The van der Waals surface area contributed by atoms with Crippen LogP contribution in [-0.4, -0.2) is 29.6 Å². The third kappa shape index (κ3) is 3.78. The number of benzene rings is 2. The van der Waals surface area contributed by atoms with E-state index >= 15 is 0 Å². The van der Waals surface area contributed by atoms with Gasteiger partial charge < -0.3 is 19.0 Å². The number of ketones is 1. The second kappa shape index (κ2) is 7.67. The Bertz CT molecular complexity index is 1240. The topological polar surface area (TPSA) is 73.3 Å². The van der Waals surface area contributed by atoms with E-state index in [4.69, 9.17) is 9.47 Å². The number of aromatic nitrogens is 2. The van der Waals surface area contributed by atoms with Gasteiger partial charge in [0, 0.05) is 35.2 Å². The van der Waals surface area contributed by atoms with Crippen LogP contribution in [0.1, 0.15) is 21.5 Å². The zero-order chi connectivity index (χ0) is 20.4. The molecule has 0 saturated carbocycles. The maximum atomic E-state index is 12.7. The van der Waals surface area contributed by atoms with Crippen LogP contribution >= 0.6 is 0 Å². The largest absolute Gasteiger partial charge is 0.497 e. The fraction of sp³-hybridized carbons (Fsp3) is 0.130. The van der Waals surface area contributed by atoms with E-state index in [-0.39, 0.29) is 11.3 Å². The molecule has 6 heteroatoms. The van der Waals surface area contributed by atoms with Gasteiger partial charge in [-0.1, -0.05) is 0 Å². The van der Waals surface area contributed by atoms with Crippen LogP contribution in [-0.2, 0) is 6.54 Å². The number of hydrogen-bond donors (Lipinski definition) is 1. The van der Waals surface area contributed by atoms with Gasteiger partial charge in [-0.25, -0.2) is 0 Å². The van der Waals surface area contributed by atoms with Crippen LogP contribution in [0, 0.1) is 0 Å². The number of ether oxygens (including phenoxy) is 2. The Morgan fingerprint density at radius 1 is 0.931 bits per heavy atom. The van der Waals surface area contributed by atoms with Crippen LogP contribution in [0.4, 0.5) is 0 Å². The lowest BCUT2D eigenvalue weighted by atomic mass is 10.1. The molecular weight excluding hydrogens is 368 g/mol. The van der Waals surface area contributed by atoms with Crippen molar-refractivity contribution in [1.82, 2.24) is 9.55 Å². The molecule has 4 rings (SSSR count). The summed E-state index contributed by atoms with van der Waals surface area (Å²) in [6.45, 7) is 0.368. The first-order valence-electron chi connectivity index (χ1n) is 9.12. The summed E-state index contributed by atoms with van der Waals surface area (Å²) in [7, 11) is 3.17. The average Bonchev–Trinajstić information content (AvgIpc) is 3.22. The highest BCUT2D eigenvalue weighted by Gasteiger charge is 2.12. The molecule has 146 valence electrons. The Labute approximate surface area is 167 Å². The van der Waals surface area contributed by atoms with E-state index < -0.39 is 0 Å². The maximum absolute atomic E-state index is 12.7. The Morgan fingerprint density at radius 3 is 2.38 bits per heavy atom. The van der Waals surface area contributed by atoms with Crippen molar-refractivity contribution in [3.63, 3.8) is 0 Å². The molecule has 0 fully saturated rings. The number of H-pyrrole nitrogens is 1. The first kappa shape index (κ1) is 18.6. The molecule has 0 unspecified atom stereocenters. The lowest BCUT2D eigenvalue weighted by Crippen LogP contribution is -2.15. The third-order valence-corrected chi connectivity index (χ3v) is 4.85. The van der Waals surface area contributed by atoms with Gasteiger partial charge >= 0.3 is 0 Å². The molecule has 4 aromatic rings. The Balaban J connectivity index is 1.57. The smallest absolute Gasteiger partial charge is 0.253 e. The van der Waals surface area contributed by atoms with Gasteiger partial charge in [0.15, 0.2) is 5.78 Å². The molecule has 0 bridgehead atoms. The summed E-state index contributed by atoms with van der Waals surface area (Å²) in [5.74, 6) is 1.31. The Morgan fingerprint density at radius 2 is 1.66 bits per heavy atom. The molecule has 0 radical (unpaired) electrons. The van der Waals surface area contributed by atoms with E-state index in [2.05, 4.69) is 4.98 Å². The third-order valence-electron chi connectivity index (χ3n) is 4.85. The van der Waals surface area contributed by atoms with Crippen LogP contribution in [0.2, 0.25) is 0 Å². The molecular formula is C23H20N2O4. The molecule has 6 nitrogen and oxygen atoms in total. The number of carbonyl (C=O) groups excluding carboxylic acids is 1. The Kier molecular flexibility index (Phi) is 4.91. The lowest BCUT2D eigenvalue weighted by Gasteiger charge is -2.06. The number of rotatable bonds is 6. The number of carbonyl (C=O) groups is 1. The van der Waals surface area contributed by atoms with Gasteiger partial charge in [0.05, 0.1) is 26.3 Å². The SMILES string of the molecule is COc1ccc(C(=O)c2ccn(Cc3cc4ccc(OC)cc4[nH]c3=O)c2)cc1. The minimum Gasteiger partial charge on any atom is -0.497 e. The maximum Gasteiger partial charge on any atom is 0.253 e. The van der Waals surface area contributed by atoms with Crippen molar-refractivity contribution in [1.29, 1.82) is 0 Å². The highest BCUT2D eigenvalue weighted by atomic mass is 16.5. The van der Waals surface area contributed by atoms with Crippen LogP contribution < -0.4 is 15.0 Å². The van der Waals surface area contributed by atoms with Gasteiger partial charge in [-0.2, -0.15) is 0 Å². The number of methoxy groups -OCH3 is 2. The van der Waals surface area contributed by atoms with Crippen LogP contribution in [0.5, 0.6) is 11.5 Å². The van der Waals surface area contributed by atoms with E-state index in [0.29, 0.717) is 34.7 Å². The van der Waals surface area contributed by atoms with Crippen molar-refractivity contribution in [2.24, 2.45) is 0 Å². The van der Waals surface area contributed by atoms with Crippen molar-refractivity contribution in [3.8, 4) is 11.5 Å². The summed E-state index contributed by atoms with van der Waals surface area (Å²) in [6.07, 6.45) is 3.55. The first-order valence-corrected chi connectivity index (χ1v) is 9.12. The molecule has 29 heavy (non-hydrogen) atoms. The highest BCUT2D eigenvalue weighted by Crippen LogP contribution is 2.19. The monoisotopic (exact) mass is 388 g/mol. The standard InChI is InChI=1S/C23H20N2O4/c1-28-19-6-3-15(4-7-19)22(26)17-9-10-25(13-17)14-18-11-16-5-8-20(29-2)12-21(16)24-23(18)27/h3-13H,14H2,1-2H3,(H,24,27).